The summed E-state index contributed by atoms with van der Waals surface area (Å²) in [6.45, 7) is 5.20. The Balaban J connectivity index is 0.00000242. The Hall–Kier alpha value is -1.31. The summed E-state index contributed by atoms with van der Waals surface area (Å²) in [6, 6.07) is 9.18. The van der Waals surface area contributed by atoms with Crippen molar-refractivity contribution in [2.45, 2.75) is 19.8 Å². The Labute approximate surface area is 149 Å². The molecule has 1 aliphatic heterocycles. The number of guanidine groups is 1. The van der Waals surface area contributed by atoms with Gasteiger partial charge in [0.15, 0.2) is 5.96 Å². The molecule has 22 heavy (non-hydrogen) atoms. The number of halogens is 1. The number of amides is 1. The first-order valence-electron chi connectivity index (χ1n) is 7.55. The van der Waals surface area contributed by atoms with E-state index in [0.29, 0.717) is 30.5 Å². The number of likely N-dealkylation sites (tertiary alicyclic amines) is 1. The molecule has 0 radical (unpaired) electrons. The molecular formula is C16H25IN4O. The van der Waals surface area contributed by atoms with Gasteiger partial charge >= 0.3 is 0 Å². The normalized spacial score (nSPS) is 18.5. The Kier molecular flexibility index (Phi) is 8.22. The van der Waals surface area contributed by atoms with Gasteiger partial charge in [-0.15, -0.1) is 24.0 Å². The van der Waals surface area contributed by atoms with Gasteiger partial charge in [0, 0.05) is 25.2 Å². The molecule has 3 N–H and O–H groups in total. The maximum atomic E-state index is 11.8. The van der Waals surface area contributed by atoms with Crippen LogP contribution in [0.3, 0.4) is 0 Å². The zero-order valence-corrected chi connectivity index (χ0v) is 15.3. The monoisotopic (exact) mass is 416 g/mol. The molecule has 1 amide bonds. The van der Waals surface area contributed by atoms with Crippen molar-refractivity contribution in [3.8, 4) is 0 Å². The van der Waals surface area contributed by atoms with Gasteiger partial charge in [-0.25, -0.2) is 0 Å². The molecule has 0 saturated carbocycles. The summed E-state index contributed by atoms with van der Waals surface area (Å²) in [5.74, 6) is 1.19. The number of aliphatic imine (C=N–C) groups is 1. The molecule has 1 heterocycles. The van der Waals surface area contributed by atoms with E-state index in [1.807, 2.05) is 18.2 Å². The van der Waals surface area contributed by atoms with Crippen LogP contribution >= 0.6 is 24.0 Å². The maximum Gasteiger partial charge on any atom is 0.251 e. The van der Waals surface area contributed by atoms with Crippen LogP contribution in [-0.4, -0.2) is 42.9 Å². The lowest BCUT2D eigenvalue weighted by molar-refractivity contribution is 0.0955. The fourth-order valence-corrected chi connectivity index (χ4v) is 2.53. The molecule has 122 valence electrons. The highest BCUT2D eigenvalue weighted by molar-refractivity contribution is 14.0. The average Bonchev–Trinajstić information content (AvgIpc) is 2.52. The quantitative estimate of drug-likeness (QED) is 0.342. The van der Waals surface area contributed by atoms with E-state index >= 15 is 0 Å². The van der Waals surface area contributed by atoms with Crippen molar-refractivity contribution in [2.24, 2.45) is 16.6 Å². The average molecular weight is 416 g/mol. The van der Waals surface area contributed by atoms with E-state index in [0.717, 1.165) is 13.1 Å². The summed E-state index contributed by atoms with van der Waals surface area (Å²) in [5, 5.41) is 2.85. The predicted molar refractivity (Wildman–Crippen MR) is 101 cm³/mol. The van der Waals surface area contributed by atoms with Gasteiger partial charge in [0.1, 0.15) is 0 Å². The van der Waals surface area contributed by atoms with Crippen molar-refractivity contribution >= 4 is 35.8 Å². The van der Waals surface area contributed by atoms with E-state index < -0.39 is 0 Å². The number of piperidine rings is 1. The second-order valence-corrected chi connectivity index (χ2v) is 5.56. The molecule has 1 aromatic carbocycles. The van der Waals surface area contributed by atoms with Crippen LogP contribution in [0.25, 0.3) is 0 Å². The fourth-order valence-electron chi connectivity index (χ4n) is 2.53. The van der Waals surface area contributed by atoms with Crippen LogP contribution in [0, 0.1) is 5.92 Å². The summed E-state index contributed by atoms with van der Waals surface area (Å²) in [7, 11) is 0. The smallest absolute Gasteiger partial charge is 0.251 e. The van der Waals surface area contributed by atoms with Gasteiger partial charge in [-0.1, -0.05) is 25.1 Å². The minimum absolute atomic E-state index is 0. The van der Waals surface area contributed by atoms with Crippen molar-refractivity contribution in [3.05, 3.63) is 35.9 Å². The minimum atomic E-state index is -0.0732. The highest BCUT2D eigenvalue weighted by atomic mass is 127. The van der Waals surface area contributed by atoms with Gasteiger partial charge < -0.3 is 16.0 Å². The van der Waals surface area contributed by atoms with E-state index in [1.54, 1.807) is 12.1 Å². The Morgan fingerprint density at radius 2 is 2.14 bits per heavy atom. The summed E-state index contributed by atoms with van der Waals surface area (Å²) < 4.78 is 0. The van der Waals surface area contributed by atoms with Gasteiger partial charge in [0.05, 0.1) is 6.54 Å². The van der Waals surface area contributed by atoms with Crippen molar-refractivity contribution in [2.75, 3.05) is 26.2 Å². The number of nitrogens with two attached hydrogens (primary N) is 1. The third-order valence-corrected chi connectivity index (χ3v) is 3.69. The van der Waals surface area contributed by atoms with Crippen molar-refractivity contribution < 1.29 is 4.79 Å². The summed E-state index contributed by atoms with van der Waals surface area (Å²) in [4.78, 5) is 18.3. The SMILES string of the molecule is CC1CCCN(C(N)=NCCNC(=O)c2ccccc2)C1.I. The first-order chi connectivity index (χ1) is 10.2. The second-order valence-electron chi connectivity index (χ2n) is 5.56. The molecule has 1 aromatic rings. The topological polar surface area (TPSA) is 70.7 Å². The molecule has 2 rings (SSSR count). The Morgan fingerprint density at radius 1 is 1.41 bits per heavy atom. The second kappa shape index (κ2) is 9.66. The molecule has 5 nitrogen and oxygen atoms in total. The van der Waals surface area contributed by atoms with Crippen LogP contribution in [-0.2, 0) is 0 Å². The van der Waals surface area contributed by atoms with Gasteiger partial charge in [0.2, 0.25) is 0 Å². The van der Waals surface area contributed by atoms with Crippen molar-refractivity contribution in [1.29, 1.82) is 0 Å². The molecule has 1 saturated heterocycles. The zero-order valence-electron chi connectivity index (χ0n) is 13.0. The van der Waals surface area contributed by atoms with E-state index in [9.17, 15) is 4.79 Å². The number of hydrogen-bond acceptors (Lipinski definition) is 2. The predicted octanol–water partition coefficient (Wildman–Crippen LogP) is 2.08. The third-order valence-electron chi connectivity index (χ3n) is 3.69. The van der Waals surface area contributed by atoms with Crippen molar-refractivity contribution in [3.63, 3.8) is 0 Å². The lowest BCUT2D eigenvalue weighted by Gasteiger charge is -2.31. The van der Waals surface area contributed by atoms with Gasteiger partial charge in [0.25, 0.3) is 5.91 Å². The van der Waals surface area contributed by atoms with E-state index in [1.165, 1.54) is 12.8 Å². The zero-order chi connectivity index (χ0) is 15.1. The van der Waals surface area contributed by atoms with Gasteiger partial charge in [-0.05, 0) is 30.9 Å². The van der Waals surface area contributed by atoms with Gasteiger partial charge in [-0.2, -0.15) is 0 Å². The molecule has 0 spiro atoms. The molecule has 1 fully saturated rings. The molecule has 1 unspecified atom stereocenters. The Morgan fingerprint density at radius 3 is 2.82 bits per heavy atom. The van der Waals surface area contributed by atoms with E-state index in [4.69, 9.17) is 5.73 Å². The van der Waals surface area contributed by atoms with Crippen LogP contribution in [0.1, 0.15) is 30.1 Å². The summed E-state index contributed by atoms with van der Waals surface area (Å²) in [5.41, 5.74) is 6.67. The number of carbonyl (C=O) groups excluding carboxylic acids is 1. The number of nitrogens with one attached hydrogen (secondary N) is 1. The number of rotatable bonds is 4. The number of benzene rings is 1. The Bertz CT molecular complexity index is 492. The molecule has 6 heteroatoms. The maximum absolute atomic E-state index is 11.8. The van der Waals surface area contributed by atoms with Crippen molar-refractivity contribution in [1.82, 2.24) is 10.2 Å². The molecule has 0 aliphatic carbocycles. The molecular weight excluding hydrogens is 391 g/mol. The molecule has 1 aliphatic rings. The first-order valence-corrected chi connectivity index (χ1v) is 7.55. The van der Waals surface area contributed by atoms with Crippen LogP contribution in [0.4, 0.5) is 0 Å². The highest BCUT2D eigenvalue weighted by Crippen LogP contribution is 2.14. The third kappa shape index (κ3) is 5.82. The van der Waals surface area contributed by atoms with Gasteiger partial charge in [-0.3, -0.25) is 9.79 Å². The fraction of sp³-hybridized carbons (Fsp3) is 0.500. The van der Waals surface area contributed by atoms with Crippen LogP contribution < -0.4 is 11.1 Å². The summed E-state index contributed by atoms with van der Waals surface area (Å²) in [6.07, 6.45) is 2.43. The highest BCUT2D eigenvalue weighted by Gasteiger charge is 2.17. The minimum Gasteiger partial charge on any atom is -0.370 e. The lowest BCUT2D eigenvalue weighted by Crippen LogP contribution is -2.43. The summed E-state index contributed by atoms with van der Waals surface area (Å²) >= 11 is 0. The number of carbonyl (C=O) groups is 1. The van der Waals surface area contributed by atoms with Crippen LogP contribution in [0.5, 0.6) is 0 Å². The molecule has 0 aromatic heterocycles. The molecule has 1 atom stereocenters. The largest absolute Gasteiger partial charge is 0.370 e. The number of nitrogens with zero attached hydrogens (tertiary/aromatic N) is 2. The first kappa shape index (κ1) is 18.7. The van der Waals surface area contributed by atoms with Crippen LogP contribution in [0.2, 0.25) is 0 Å². The number of hydrogen-bond donors (Lipinski definition) is 2. The molecule has 0 bridgehead atoms. The van der Waals surface area contributed by atoms with E-state index in [-0.39, 0.29) is 29.9 Å². The van der Waals surface area contributed by atoms with E-state index in [2.05, 4.69) is 22.1 Å². The van der Waals surface area contributed by atoms with Crippen LogP contribution in [0.15, 0.2) is 35.3 Å². The lowest BCUT2D eigenvalue weighted by atomic mass is 10.0. The standard InChI is InChI=1S/C16H24N4O.HI/c1-13-6-5-11-20(12-13)16(17)19-10-9-18-15(21)14-7-3-2-4-8-14;/h2-4,7-8,13H,5-6,9-12H2,1H3,(H2,17,19)(H,18,21);1H.